The summed E-state index contributed by atoms with van der Waals surface area (Å²) in [5.74, 6) is 0. The average molecular weight is 295 g/mol. The first-order chi connectivity index (χ1) is 3.72. The summed E-state index contributed by atoms with van der Waals surface area (Å²) in [6, 6.07) is 0. The van der Waals surface area contributed by atoms with E-state index in [0.29, 0.717) is 4.32 Å². The van der Waals surface area contributed by atoms with E-state index in [0.717, 1.165) is 13.1 Å². The smallest absolute Gasteiger partial charge is 2.00 e. The predicted octanol–water partition coefficient (Wildman–Crippen LogP) is 1.04. The van der Waals surface area contributed by atoms with Crippen LogP contribution in [0.5, 0.6) is 0 Å². The Morgan fingerprint density at radius 3 is 1.55 bits per heavy atom. The molecular formula is C5H10NOS2Zn2+. The Kier molecular flexibility index (Phi) is 28.8. The normalized spacial score (nSPS) is 6.36. The number of hydrogen-bond acceptors (Lipinski definition) is 2. The quantitative estimate of drug-likeness (QED) is 0.433. The Bertz CT molecular complexity index is 90.6. The topological polar surface area (TPSA) is 31.7 Å². The summed E-state index contributed by atoms with van der Waals surface area (Å²) < 4.78 is 0.579. The van der Waals surface area contributed by atoms with E-state index < -0.39 is 0 Å². The van der Waals surface area contributed by atoms with E-state index in [2.05, 4.69) is 0 Å². The second-order valence-electron chi connectivity index (χ2n) is 1.44. The first-order valence-corrected chi connectivity index (χ1v) is 3.50. The molecule has 56 valence electrons. The van der Waals surface area contributed by atoms with E-state index in [1.54, 1.807) is 0 Å². The minimum atomic E-state index is 0. The van der Waals surface area contributed by atoms with E-state index >= 15 is 0 Å². The Morgan fingerprint density at radius 1 is 1.27 bits per heavy atom. The van der Waals surface area contributed by atoms with Gasteiger partial charge >= 0.3 is 39.0 Å². The monoisotopic (exact) mass is 292 g/mol. The third-order valence-electron chi connectivity index (χ3n) is 1.02. The van der Waals surface area contributed by atoms with Crippen LogP contribution >= 0.6 is 12.2 Å². The molecule has 0 aliphatic carbocycles. The van der Waals surface area contributed by atoms with Crippen molar-refractivity contribution < 1.29 is 44.4 Å². The van der Waals surface area contributed by atoms with Crippen molar-refractivity contribution in [2.75, 3.05) is 13.1 Å². The van der Waals surface area contributed by atoms with Gasteiger partial charge in [0.2, 0.25) is 0 Å². The van der Waals surface area contributed by atoms with Crippen LogP contribution in [0.2, 0.25) is 0 Å². The van der Waals surface area contributed by atoms with Gasteiger partial charge in [-0.3, -0.25) is 0 Å². The molecule has 0 atom stereocenters. The molecule has 0 saturated carbocycles. The van der Waals surface area contributed by atoms with Crippen LogP contribution in [0.1, 0.15) is 13.8 Å². The fourth-order valence-electron chi connectivity index (χ4n) is 0.482. The summed E-state index contributed by atoms with van der Waals surface area (Å²) in [5, 5.41) is 0. The second-order valence-corrected chi connectivity index (χ2v) is 2.47. The summed E-state index contributed by atoms with van der Waals surface area (Å²) in [6.07, 6.45) is 0. The van der Waals surface area contributed by atoms with Crippen molar-refractivity contribution in [3.05, 3.63) is 0 Å². The van der Waals surface area contributed by atoms with Crippen molar-refractivity contribution in [3.63, 3.8) is 0 Å². The standard InChI is InChI=1S/C5H11NS2.O.2Zn/c1-3-6(4-2)5(7)8;;;/h3-4H2,1-2H3,(H,7,8);;;/q;-2;2*+2/p-1. The van der Waals surface area contributed by atoms with Crippen LogP contribution in [0.3, 0.4) is 0 Å². The molecule has 0 aromatic heterocycles. The summed E-state index contributed by atoms with van der Waals surface area (Å²) in [6.45, 7) is 5.95. The van der Waals surface area contributed by atoms with Crippen LogP contribution in [-0.2, 0) is 57.1 Å². The van der Waals surface area contributed by atoms with Gasteiger partial charge in [-0.15, -0.1) is 0 Å². The molecule has 0 fully saturated rings. The van der Waals surface area contributed by atoms with Gasteiger partial charge < -0.3 is 35.2 Å². The second kappa shape index (κ2) is 13.9. The molecule has 0 heterocycles. The first-order valence-electron chi connectivity index (χ1n) is 2.68. The maximum absolute atomic E-state index is 4.76. The van der Waals surface area contributed by atoms with E-state index in [1.807, 2.05) is 18.7 Å². The minimum absolute atomic E-state index is 0. The van der Waals surface area contributed by atoms with Crippen LogP contribution in [0.25, 0.3) is 0 Å². The average Bonchev–Trinajstić information content (AvgIpc) is 1.69. The summed E-state index contributed by atoms with van der Waals surface area (Å²) in [4.78, 5) is 1.96. The Morgan fingerprint density at radius 2 is 1.55 bits per heavy atom. The summed E-state index contributed by atoms with van der Waals surface area (Å²) in [5.41, 5.74) is 0. The van der Waals surface area contributed by atoms with Gasteiger partial charge in [-0.05, 0) is 13.8 Å². The SMILES string of the molecule is CCN(CC)C(=S)[S-].[O-2].[Zn+2].[Zn+2]. The molecule has 0 N–H and O–H groups in total. The molecule has 0 amide bonds. The molecule has 0 aliphatic heterocycles. The van der Waals surface area contributed by atoms with E-state index in [-0.39, 0.29) is 44.4 Å². The zero-order valence-electron chi connectivity index (χ0n) is 7.00. The largest absolute Gasteiger partial charge is 2.00 e. The Balaban J connectivity index is -0.0000000817. The maximum atomic E-state index is 4.76. The van der Waals surface area contributed by atoms with Crippen LogP contribution in [0, 0.1) is 0 Å². The van der Waals surface area contributed by atoms with Gasteiger partial charge in [-0.2, -0.15) is 0 Å². The number of hydrogen-bond donors (Lipinski definition) is 0. The van der Waals surface area contributed by atoms with Crippen molar-refractivity contribution in [3.8, 4) is 0 Å². The minimum Gasteiger partial charge on any atom is -2.00 e. The van der Waals surface area contributed by atoms with Crippen LogP contribution in [0.4, 0.5) is 0 Å². The van der Waals surface area contributed by atoms with Gasteiger partial charge in [0.05, 0.1) is 0 Å². The third-order valence-corrected chi connectivity index (χ3v) is 1.54. The molecule has 11 heavy (non-hydrogen) atoms. The van der Waals surface area contributed by atoms with Gasteiger partial charge in [0.1, 0.15) is 0 Å². The number of nitrogens with zero attached hydrogens (tertiary/aromatic N) is 1. The molecule has 0 rings (SSSR count). The van der Waals surface area contributed by atoms with Crippen molar-refractivity contribution in [1.82, 2.24) is 4.90 Å². The molecule has 0 aromatic rings. The fraction of sp³-hybridized carbons (Fsp3) is 0.800. The summed E-state index contributed by atoms with van der Waals surface area (Å²) >= 11 is 9.51. The molecule has 6 heteroatoms. The first kappa shape index (κ1) is 22.8. The van der Waals surface area contributed by atoms with Crippen molar-refractivity contribution in [2.45, 2.75) is 13.8 Å². The number of rotatable bonds is 2. The predicted molar refractivity (Wildman–Crippen MR) is 43.6 cm³/mol. The molecule has 0 aliphatic rings. The van der Waals surface area contributed by atoms with Gasteiger partial charge in [0.15, 0.2) is 0 Å². The molecule has 0 saturated heterocycles. The zero-order chi connectivity index (χ0) is 6.57. The number of thiocarbonyl (C=S) groups is 1. The molecule has 0 aromatic carbocycles. The Labute approximate surface area is 105 Å². The molecular weight excluding hydrogens is 285 g/mol. The van der Waals surface area contributed by atoms with Gasteiger partial charge in [-0.25, -0.2) is 0 Å². The fourth-order valence-corrected chi connectivity index (χ4v) is 0.998. The van der Waals surface area contributed by atoms with Crippen molar-refractivity contribution in [2.24, 2.45) is 0 Å². The van der Waals surface area contributed by atoms with Crippen molar-refractivity contribution >= 4 is 29.2 Å². The van der Waals surface area contributed by atoms with Crippen molar-refractivity contribution in [1.29, 1.82) is 0 Å². The molecule has 0 radical (unpaired) electrons. The molecule has 0 unspecified atom stereocenters. The summed E-state index contributed by atoms with van der Waals surface area (Å²) in [7, 11) is 0. The van der Waals surface area contributed by atoms with Crippen LogP contribution in [-0.4, -0.2) is 22.3 Å². The van der Waals surface area contributed by atoms with Gasteiger partial charge in [-0.1, -0.05) is 4.32 Å². The third kappa shape index (κ3) is 11.3. The molecule has 0 bridgehead atoms. The van der Waals surface area contributed by atoms with Crippen LogP contribution in [0.15, 0.2) is 0 Å². The van der Waals surface area contributed by atoms with E-state index in [1.165, 1.54) is 0 Å². The Hall–Kier alpha value is 1.32. The van der Waals surface area contributed by atoms with Gasteiger partial charge in [0, 0.05) is 13.1 Å². The van der Waals surface area contributed by atoms with Crippen LogP contribution < -0.4 is 0 Å². The van der Waals surface area contributed by atoms with E-state index in [4.69, 9.17) is 24.8 Å². The molecule has 2 nitrogen and oxygen atoms in total. The maximum Gasteiger partial charge on any atom is 2.00 e. The zero-order valence-corrected chi connectivity index (χ0v) is 14.6. The van der Waals surface area contributed by atoms with Gasteiger partial charge in [0.25, 0.3) is 0 Å². The molecule has 0 spiro atoms. The van der Waals surface area contributed by atoms with E-state index in [9.17, 15) is 0 Å².